The third-order valence-electron chi connectivity index (χ3n) is 3.48. The first-order valence-electron chi connectivity index (χ1n) is 7.76. The number of carbonyl (C=O) groups excluding carboxylic acids is 3. The van der Waals surface area contributed by atoms with Crippen LogP contribution in [0.2, 0.25) is 0 Å². The molecule has 0 aromatic carbocycles. The lowest BCUT2D eigenvalue weighted by molar-refractivity contribution is -0.145. The maximum atomic E-state index is 12.0. The number of methoxy groups -OCH3 is 1. The Kier molecular flexibility index (Phi) is 6.02. The number of alkyl carbamates (subject to hydrolysis) is 1. The van der Waals surface area contributed by atoms with Gasteiger partial charge in [-0.3, -0.25) is 9.59 Å². The average molecular weight is 328 g/mol. The van der Waals surface area contributed by atoms with E-state index in [0.29, 0.717) is 19.6 Å². The van der Waals surface area contributed by atoms with E-state index in [1.165, 1.54) is 7.11 Å². The first kappa shape index (κ1) is 19.3. The second-order valence-corrected chi connectivity index (χ2v) is 7.72. The van der Waals surface area contributed by atoms with Gasteiger partial charge < -0.3 is 19.7 Å². The van der Waals surface area contributed by atoms with E-state index in [2.05, 4.69) is 5.32 Å². The summed E-state index contributed by atoms with van der Waals surface area (Å²) in [5.41, 5.74) is -0.884. The van der Waals surface area contributed by atoms with Gasteiger partial charge in [-0.15, -0.1) is 0 Å². The number of nitrogens with one attached hydrogen (secondary N) is 1. The number of esters is 1. The second-order valence-electron chi connectivity index (χ2n) is 7.72. The van der Waals surface area contributed by atoms with Gasteiger partial charge in [0, 0.05) is 26.1 Å². The van der Waals surface area contributed by atoms with Crippen molar-refractivity contribution in [1.82, 2.24) is 10.2 Å². The van der Waals surface area contributed by atoms with Gasteiger partial charge in [0.05, 0.1) is 13.0 Å². The first-order valence-corrected chi connectivity index (χ1v) is 7.76. The largest absolute Gasteiger partial charge is 0.469 e. The third-order valence-corrected chi connectivity index (χ3v) is 3.48. The summed E-state index contributed by atoms with van der Waals surface area (Å²) in [4.78, 5) is 36.9. The van der Waals surface area contributed by atoms with Crippen molar-refractivity contribution in [3.05, 3.63) is 0 Å². The van der Waals surface area contributed by atoms with Crippen molar-refractivity contribution in [3.8, 4) is 0 Å². The van der Waals surface area contributed by atoms with E-state index in [1.54, 1.807) is 25.7 Å². The van der Waals surface area contributed by atoms with Gasteiger partial charge in [0.1, 0.15) is 5.60 Å². The minimum atomic E-state index is -0.549. The van der Waals surface area contributed by atoms with Crippen LogP contribution in [-0.2, 0) is 19.1 Å². The Morgan fingerprint density at radius 1 is 1.26 bits per heavy atom. The van der Waals surface area contributed by atoms with Crippen LogP contribution >= 0.6 is 0 Å². The summed E-state index contributed by atoms with van der Waals surface area (Å²) in [5.74, 6) is -0.821. The molecule has 0 bridgehead atoms. The Balaban J connectivity index is 2.50. The molecule has 1 N–H and O–H groups in total. The normalized spacial score (nSPS) is 18.8. The molecule has 1 aliphatic heterocycles. The van der Waals surface area contributed by atoms with Crippen molar-refractivity contribution in [2.24, 2.45) is 11.3 Å². The number of amides is 2. The van der Waals surface area contributed by atoms with E-state index in [-0.39, 0.29) is 23.7 Å². The van der Waals surface area contributed by atoms with Crippen LogP contribution in [-0.4, -0.2) is 55.2 Å². The van der Waals surface area contributed by atoms with E-state index in [0.717, 1.165) is 0 Å². The van der Waals surface area contributed by atoms with E-state index < -0.39 is 17.6 Å². The number of ether oxygens (including phenoxy) is 2. The summed E-state index contributed by atoms with van der Waals surface area (Å²) in [7, 11) is 1.32. The molecule has 0 saturated carbocycles. The minimum absolute atomic E-state index is 0.0641. The van der Waals surface area contributed by atoms with Gasteiger partial charge in [-0.1, -0.05) is 13.8 Å². The maximum absolute atomic E-state index is 12.0. The molecule has 0 aromatic rings. The Bertz CT molecular complexity index is 468. The fraction of sp³-hybridized carbons (Fsp3) is 0.812. The number of nitrogens with zero attached hydrogens (tertiary/aromatic N) is 1. The fourth-order valence-corrected chi connectivity index (χ4v) is 2.45. The molecule has 0 spiro atoms. The van der Waals surface area contributed by atoms with Crippen LogP contribution in [0.1, 0.15) is 41.0 Å². The van der Waals surface area contributed by atoms with E-state index in [1.807, 2.05) is 13.8 Å². The molecule has 0 aliphatic carbocycles. The minimum Gasteiger partial charge on any atom is -0.469 e. The summed E-state index contributed by atoms with van der Waals surface area (Å²) in [6, 6.07) is 0. The number of hydrogen-bond donors (Lipinski definition) is 1. The highest BCUT2D eigenvalue weighted by atomic mass is 16.6. The number of hydrogen-bond acceptors (Lipinski definition) is 5. The van der Waals surface area contributed by atoms with Crippen molar-refractivity contribution in [2.75, 3.05) is 26.7 Å². The lowest BCUT2D eigenvalue weighted by Crippen LogP contribution is -2.44. The quantitative estimate of drug-likeness (QED) is 0.774. The summed E-state index contributed by atoms with van der Waals surface area (Å²) in [5, 5.41) is 2.72. The third kappa shape index (κ3) is 6.46. The molecule has 1 heterocycles. The average Bonchev–Trinajstić information content (AvgIpc) is 2.74. The molecule has 2 amide bonds. The van der Waals surface area contributed by atoms with Gasteiger partial charge >= 0.3 is 12.1 Å². The molecule has 0 aromatic heterocycles. The van der Waals surface area contributed by atoms with Crippen LogP contribution in [0.25, 0.3) is 0 Å². The summed E-state index contributed by atoms with van der Waals surface area (Å²) in [6.07, 6.45) is -0.298. The Morgan fingerprint density at radius 2 is 1.87 bits per heavy atom. The maximum Gasteiger partial charge on any atom is 0.407 e. The number of carbonyl (C=O) groups is 3. The van der Waals surface area contributed by atoms with Crippen molar-refractivity contribution in [1.29, 1.82) is 0 Å². The highest BCUT2D eigenvalue weighted by Crippen LogP contribution is 2.24. The van der Waals surface area contributed by atoms with Crippen LogP contribution in [0, 0.1) is 11.3 Å². The van der Waals surface area contributed by atoms with Gasteiger partial charge in [0.15, 0.2) is 0 Å². The molecule has 1 atom stereocenters. The molecular formula is C16H28N2O5. The lowest BCUT2D eigenvalue weighted by atomic mass is 9.93. The molecule has 7 heteroatoms. The van der Waals surface area contributed by atoms with Crippen molar-refractivity contribution in [2.45, 2.75) is 46.6 Å². The lowest BCUT2D eigenvalue weighted by Gasteiger charge is -2.31. The SMILES string of the molecule is COC(=O)C1CC(=O)N(CC(C)(C)CNC(=O)OC(C)(C)C)C1. The summed E-state index contributed by atoms with van der Waals surface area (Å²) in [6.45, 7) is 10.5. The van der Waals surface area contributed by atoms with Crippen LogP contribution in [0.5, 0.6) is 0 Å². The standard InChI is InChI=1S/C16H28N2O5/c1-15(2,3)23-14(21)17-9-16(4,5)10-18-8-11(7-12(18)19)13(20)22-6/h11H,7-10H2,1-6H3,(H,17,21). The molecule has 0 radical (unpaired) electrons. The highest BCUT2D eigenvalue weighted by molar-refractivity contribution is 5.86. The van der Waals surface area contributed by atoms with Crippen molar-refractivity contribution < 1.29 is 23.9 Å². The molecule has 7 nitrogen and oxygen atoms in total. The summed E-state index contributed by atoms with van der Waals surface area (Å²) >= 11 is 0. The Hall–Kier alpha value is -1.79. The van der Waals surface area contributed by atoms with E-state index in [9.17, 15) is 14.4 Å². The number of rotatable bonds is 5. The molecule has 1 fully saturated rings. The number of likely N-dealkylation sites (tertiary alicyclic amines) is 1. The van der Waals surface area contributed by atoms with Crippen LogP contribution in [0.15, 0.2) is 0 Å². The molecule has 1 rings (SSSR count). The zero-order chi connectivity index (χ0) is 17.8. The van der Waals surface area contributed by atoms with Gasteiger partial charge in [-0.2, -0.15) is 0 Å². The zero-order valence-electron chi connectivity index (χ0n) is 14.9. The predicted octanol–water partition coefficient (Wildman–Crippen LogP) is 1.56. The first-order chi connectivity index (χ1) is 10.4. The van der Waals surface area contributed by atoms with Crippen molar-refractivity contribution >= 4 is 18.0 Å². The summed E-state index contributed by atoms with van der Waals surface area (Å²) < 4.78 is 9.89. The molecule has 1 unspecified atom stereocenters. The van der Waals surface area contributed by atoms with Crippen LogP contribution < -0.4 is 5.32 Å². The van der Waals surface area contributed by atoms with Gasteiger partial charge in [-0.25, -0.2) is 4.79 Å². The van der Waals surface area contributed by atoms with Gasteiger partial charge in [0.2, 0.25) is 5.91 Å². The second kappa shape index (κ2) is 7.19. The smallest absolute Gasteiger partial charge is 0.407 e. The zero-order valence-corrected chi connectivity index (χ0v) is 14.9. The van der Waals surface area contributed by atoms with Crippen LogP contribution in [0.3, 0.4) is 0 Å². The molecule has 23 heavy (non-hydrogen) atoms. The van der Waals surface area contributed by atoms with Gasteiger partial charge in [0.25, 0.3) is 0 Å². The van der Waals surface area contributed by atoms with E-state index in [4.69, 9.17) is 9.47 Å². The van der Waals surface area contributed by atoms with Crippen LogP contribution in [0.4, 0.5) is 4.79 Å². The molecule has 132 valence electrons. The molecule has 1 saturated heterocycles. The van der Waals surface area contributed by atoms with E-state index >= 15 is 0 Å². The monoisotopic (exact) mass is 328 g/mol. The molecule has 1 aliphatic rings. The van der Waals surface area contributed by atoms with Crippen molar-refractivity contribution in [3.63, 3.8) is 0 Å². The topological polar surface area (TPSA) is 84.9 Å². The highest BCUT2D eigenvalue weighted by Gasteiger charge is 2.37. The van der Waals surface area contributed by atoms with Gasteiger partial charge in [-0.05, 0) is 26.2 Å². The predicted molar refractivity (Wildman–Crippen MR) is 84.7 cm³/mol. The Labute approximate surface area is 137 Å². The fourth-order valence-electron chi connectivity index (χ4n) is 2.45. The molecular weight excluding hydrogens is 300 g/mol. The Morgan fingerprint density at radius 3 is 2.39 bits per heavy atom.